The number of oxazole rings is 1. The molecule has 0 spiro atoms. The van der Waals surface area contributed by atoms with Crippen molar-refractivity contribution in [2.75, 3.05) is 18.5 Å². The van der Waals surface area contributed by atoms with Crippen LogP contribution in [0.4, 0.5) is 10.5 Å². The molecule has 116 valence electrons. The van der Waals surface area contributed by atoms with Crippen LogP contribution in [0.1, 0.15) is 18.6 Å². The van der Waals surface area contributed by atoms with E-state index in [1.54, 1.807) is 11.1 Å². The first kappa shape index (κ1) is 14.6. The van der Waals surface area contributed by atoms with E-state index in [-0.39, 0.29) is 18.7 Å². The third kappa shape index (κ3) is 2.96. The molecule has 1 atom stereocenters. The third-order valence-corrected chi connectivity index (χ3v) is 3.83. The van der Waals surface area contributed by atoms with Crippen LogP contribution in [0.5, 0.6) is 0 Å². The first-order valence-electron chi connectivity index (χ1n) is 7.38. The molecule has 1 aromatic carbocycles. The predicted molar refractivity (Wildman–Crippen MR) is 82.5 cm³/mol. The van der Waals surface area contributed by atoms with Gasteiger partial charge in [-0.1, -0.05) is 6.07 Å². The highest BCUT2D eigenvalue weighted by Crippen LogP contribution is 2.23. The highest BCUT2D eigenvalue weighted by atomic mass is 16.4. The van der Waals surface area contributed by atoms with Gasteiger partial charge in [-0.3, -0.25) is 0 Å². The minimum Gasteiger partial charge on any atom is -0.441 e. The molecule has 0 aliphatic carbocycles. The fraction of sp³-hybridized carbons (Fsp3) is 0.375. The highest BCUT2D eigenvalue weighted by molar-refractivity contribution is 5.90. The molecular weight excluding hydrogens is 282 g/mol. The molecule has 0 saturated carbocycles. The van der Waals surface area contributed by atoms with E-state index in [1.165, 1.54) is 0 Å². The van der Waals surface area contributed by atoms with Crippen LogP contribution in [0.2, 0.25) is 0 Å². The fourth-order valence-electron chi connectivity index (χ4n) is 2.71. The van der Waals surface area contributed by atoms with E-state index >= 15 is 0 Å². The van der Waals surface area contributed by atoms with E-state index in [0.717, 1.165) is 24.2 Å². The molecule has 2 heterocycles. The lowest BCUT2D eigenvalue weighted by molar-refractivity contribution is 0.166. The Balaban J connectivity index is 1.74. The quantitative estimate of drug-likeness (QED) is 0.913. The van der Waals surface area contributed by atoms with Crippen LogP contribution in [0, 0.1) is 6.92 Å². The molecule has 1 unspecified atom stereocenters. The minimum absolute atomic E-state index is 0.00303. The maximum atomic E-state index is 12.3. The summed E-state index contributed by atoms with van der Waals surface area (Å²) in [5.74, 6) is 1.27. The number of hydrogen-bond acceptors (Lipinski definition) is 4. The maximum Gasteiger partial charge on any atom is 0.322 e. The summed E-state index contributed by atoms with van der Waals surface area (Å²) in [7, 11) is 0. The van der Waals surface area contributed by atoms with Gasteiger partial charge in [-0.25, -0.2) is 9.78 Å². The van der Waals surface area contributed by atoms with Crippen molar-refractivity contribution in [1.82, 2.24) is 9.88 Å². The number of anilines is 1. The Hall–Kier alpha value is -2.34. The van der Waals surface area contributed by atoms with Crippen molar-refractivity contribution < 1.29 is 14.3 Å². The Morgan fingerprint density at radius 3 is 3.14 bits per heavy atom. The van der Waals surface area contributed by atoms with Crippen LogP contribution in [-0.2, 0) is 0 Å². The van der Waals surface area contributed by atoms with E-state index in [4.69, 9.17) is 4.42 Å². The molecule has 22 heavy (non-hydrogen) atoms. The first-order valence-corrected chi connectivity index (χ1v) is 7.38. The van der Waals surface area contributed by atoms with Crippen molar-refractivity contribution >= 4 is 11.7 Å². The summed E-state index contributed by atoms with van der Waals surface area (Å²) in [5.41, 5.74) is 1.49. The smallest absolute Gasteiger partial charge is 0.322 e. The zero-order chi connectivity index (χ0) is 15.5. The number of likely N-dealkylation sites (tertiary alicyclic amines) is 1. The average molecular weight is 301 g/mol. The van der Waals surface area contributed by atoms with Gasteiger partial charge >= 0.3 is 6.03 Å². The van der Waals surface area contributed by atoms with Crippen LogP contribution < -0.4 is 5.32 Å². The number of aromatic nitrogens is 1. The van der Waals surface area contributed by atoms with Gasteiger partial charge < -0.3 is 19.7 Å². The molecule has 0 radical (unpaired) electrons. The largest absolute Gasteiger partial charge is 0.441 e. The van der Waals surface area contributed by atoms with E-state index in [9.17, 15) is 9.90 Å². The van der Waals surface area contributed by atoms with E-state index in [2.05, 4.69) is 10.3 Å². The van der Waals surface area contributed by atoms with Gasteiger partial charge in [0.15, 0.2) is 0 Å². The second kappa shape index (κ2) is 6.19. The first-order chi connectivity index (χ1) is 10.7. The normalized spacial score (nSPS) is 17.7. The summed E-state index contributed by atoms with van der Waals surface area (Å²) in [5, 5.41) is 12.2. The van der Waals surface area contributed by atoms with E-state index < -0.39 is 0 Å². The molecule has 2 amide bonds. The lowest BCUT2D eigenvalue weighted by Gasteiger charge is -2.23. The Labute approximate surface area is 128 Å². The van der Waals surface area contributed by atoms with Crippen molar-refractivity contribution in [2.45, 2.75) is 25.8 Å². The standard InChI is InChI=1S/C16H19N3O3/c1-11-9-17-15(22-11)12-4-2-5-13(8-12)18-16(21)19-7-3-6-14(19)10-20/h2,4-5,8-9,14,20H,3,6-7,10H2,1H3,(H,18,21). The molecule has 1 fully saturated rings. The average Bonchev–Trinajstić information content (AvgIpc) is 3.16. The molecule has 1 saturated heterocycles. The number of nitrogens with zero attached hydrogens (tertiary/aromatic N) is 2. The molecule has 6 heteroatoms. The van der Waals surface area contributed by atoms with Crippen molar-refractivity contribution in [3.05, 3.63) is 36.2 Å². The Morgan fingerprint density at radius 2 is 2.41 bits per heavy atom. The third-order valence-electron chi connectivity index (χ3n) is 3.83. The summed E-state index contributed by atoms with van der Waals surface area (Å²) >= 11 is 0. The van der Waals surface area contributed by atoms with Gasteiger partial charge in [0.25, 0.3) is 0 Å². The topological polar surface area (TPSA) is 78.6 Å². The minimum atomic E-state index is -0.183. The van der Waals surface area contributed by atoms with Gasteiger partial charge in [-0.2, -0.15) is 0 Å². The highest BCUT2D eigenvalue weighted by Gasteiger charge is 2.28. The zero-order valence-corrected chi connectivity index (χ0v) is 12.5. The maximum absolute atomic E-state index is 12.3. The fourth-order valence-corrected chi connectivity index (χ4v) is 2.71. The van der Waals surface area contributed by atoms with Crippen LogP contribution in [0.3, 0.4) is 0 Å². The number of benzene rings is 1. The van der Waals surface area contributed by atoms with Gasteiger partial charge in [0.2, 0.25) is 5.89 Å². The molecule has 3 rings (SSSR count). The molecule has 1 aliphatic rings. The number of rotatable bonds is 3. The summed E-state index contributed by atoms with van der Waals surface area (Å²) in [6.45, 7) is 2.52. The Morgan fingerprint density at radius 1 is 1.55 bits per heavy atom. The Bertz CT molecular complexity index is 668. The number of urea groups is 1. The number of aliphatic hydroxyl groups is 1. The van der Waals surface area contributed by atoms with Gasteiger partial charge in [-0.05, 0) is 38.0 Å². The number of carbonyl (C=O) groups excluding carboxylic acids is 1. The number of amides is 2. The molecule has 0 bridgehead atoms. The molecule has 1 aromatic heterocycles. The number of carbonyl (C=O) groups is 1. The second-order valence-electron chi connectivity index (χ2n) is 5.46. The molecule has 6 nitrogen and oxygen atoms in total. The van der Waals surface area contributed by atoms with Crippen LogP contribution in [-0.4, -0.2) is 40.2 Å². The summed E-state index contributed by atoms with van der Waals surface area (Å²) < 4.78 is 5.50. The molecule has 1 aliphatic heterocycles. The van der Waals surface area contributed by atoms with Crippen LogP contribution in [0.15, 0.2) is 34.9 Å². The van der Waals surface area contributed by atoms with Crippen molar-refractivity contribution in [1.29, 1.82) is 0 Å². The van der Waals surface area contributed by atoms with Gasteiger partial charge in [-0.15, -0.1) is 0 Å². The SMILES string of the molecule is Cc1cnc(-c2cccc(NC(=O)N3CCCC3CO)c2)o1. The van der Waals surface area contributed by atoms with Gasteiger partial charge in [0.1, 0.15) is 5.76 Å². The lowest BCUT2D eigenvalue weighted by atomic mass is 10.2. The number of aryl methyl sites for hydroxylation is 1. The molecule has 2 aromatic rings. The summed E-state index contributed by atoms with van der Waals surface area (Å²) in [6.07, 6.45) is 3.44. The number of aliphatic hydroxyl groups excluding tert-OH is 1. The number of hydrogen-bond donors (Lipinski definition) is 2. The Kier molecular flexibility index (Phi) is 4.11. The summed E-state index contributed by atoms with van der Waals surface area (Å²) in [6, 6.07) is 7.11. The van der Waals surface area contributed by atoms with Gasteiger partial charge in [0, 0.05) is 17.8 Å². The van der Waals surface area contributed by atoms with Crippen LogP contribution >= 0.6 is 0 Å². The van der Waals surface area contributed by atoms with E-state index in [1.807, 2.05) is 31.2 Å². The molecule has 2 N–H and O–H groups in total. The van der Waals surface area contributed by atoms with E-state index in [0.29, 0.717) is 18.1 Å². The monoisotopic (exact) mass is 301 g/mol. The van der Waals surface area contributed by atoms with Crippen molar-refractivity contribution in [2.24, 2.45) is 0 Å². The lowest BCUT2D eigenvalue weighted by Crippen LogP contribution is -2.40. The van der Waals surface area contributed by atoms with Crippen molar-refractivity contribution in [3.63, 3.8) is 0 Å². The van der Waals surface area contributed by atoms with Crippen molar-refractivity contribution in [3.8, 4) is 11.5 Å². The molecular formula is C16H19N3O3. The predicted octanol–water partition coefficient (Wildman–Crippen LogP) is 2.64. The second-order valence-corrected chi connectivity index (χ2v) is 5.46. The van der Waals surface area contributed by atoms with Crippen LogP contribution in [0.25, 0.3) is 11.5 Å². The summed E-state index contributed by atoms with van der Waals surface area (Å²) in [4.78, 5) is 18.2. The number of nitrogens with one attached hydrogen (secondary N) is 1. The van der Waals surface area contributed by atoms with Gasteiger partial charge in [0.05, 0.1) is 18.8 Å². The zero-order valence-electron chi connectivity index (χ0n) is 12.5.